The van der Waals surface area contributed by atoms with E-state index in [1.807, 2.05) is 29.8 Å². The van der Waals surface area contributed by atoms with Crippen LogP contribution in [0.5, 0.6) is 0 Å². The highest BCUT2D eigenvalue weighted by Gasteiger charge is 2.17. The van der Waals surface area contributed by atoms with E-state index < -0.39 is 5.97 Å². The largest absolute Gasteiger partial charge is 0.478 e. The molecule has 2 aromatic heterocycles. The molecule has 0 spiro atoms. The van der Waals surface area contributed by atoms with Crippen molar-refractivity contribution in [3.05, 3.63) is 60.3 Å². The van der Waals surface area contributed by atoms with E-state index in [2.05, 4.69) is 16.5 Å². The zero-order chi connectivity index (χ0) is 15.0. The lowest BCUT2D eigenvalue weighted by Gasteiger charge is -2.07. The van der Waals surface area contributed by atoms with Gasteiger partial charge in [0.05, 0.1) is 18.4 Å². The maximum Gasteiger partial charge on any atom is 0.335 e. The van der Waals surface area contributed by atoms with Crippen molar-refractivity contribution in [2.24, 2.45) is 0 Å². The van der Waals surface area contributed by atoms with Crippen LogP contribution in [-0.2, 0) is 11.3 Å². The number of carboxylic acids is 1. The van der Waals surface area contributed by atoms with E-state index in [-0.39, 0.29) is 5.57 Å². The Bertz CT molecular complexity index is 829. The molecule has 0 atom stereocenters. The van der Waals surface area contributed by atoms with E-state index in [0.29, 0.717) is 12.1 Å². The van der Waals surface area contributed by atoms with Gasteiger partial charge in [-0.25, -0.2) is 9.78 Å². The number of nitrogens with zero attached hydrogens (tertiary/aromatic N) is 2. The van der Waals surface area contributed by atoms with Crippen molar-refractivity contribution in [2.75, 3.05) is 0 Å². The molecule has 106 valence electrons. The number of aliphatic carboxylic acids is 1. The third-order valence-corrected chi connectivity index (χ3v) is 3.62. The van der Waals surface area contributed by atoms with Crippen LogP contribution < -0.4 is 0 Å². The van der Waals surface area contributed by atoms with Crippen molar-refractivity contribution < 1.29 is 9.90 Å². The van der Waals surface area contributed by atoms with E-state index in [9.17, 15) is 9.90 Å². The van der Waals surface area contributed by atoms with E-state index in [4.69, 9.17) is 0 Å². The van der Waals surface area contributed by atoms with Crippen LogP contribution in [0.1, 0.15) is 16.8 Å². The van der Waals surface area contributed by atoms with E-state index >= 15 is 0 Å². The number of aromatic nitrogens is 3. The second kappa shape index (κ2) is 4.94. The predicted octanol–water partition coefficient (Wildman–Crippen LogP) is 2.82. The number of aromatic amines is 1. The first-order chi connectivity index (χ1) is 10.1. The minimum Gasteiger partial charge on any atom is -0.478 e. The first-order valence-corrected chi connectivity index (χ1v) is 6.56. The predicted molar refractivity (Wildman–Crippen MR) is 81.0 cm³/mol. The Balaban J connectivity index is 2.21. The maximum atomic E-state index is 11.3. The van der Waals surface area contributed by atoms with Crippen LogP contribution in [-0.4, -0.2) is 25.6 Å². The summed E-state index contributed by atoms with van der Waals surface area (Å²) < 4.78 is 1.95. The number of rotatable bonds is 4. The van der Waals surface area contributed by atoms with Gasteiger partial charge in [-0.15, -0.1) is 0 Å². The Hall–Kier alpha value is -2.82. The van der Waals surface area contributed by atoms with Gasteiger partial charge >= 0.3 is 5.97 Å². The Morgan fingerprint density at radius 2 is 2.29 bits per heavy atom. The lowest BCUT2D eigenvalue weighted by atomic mass is 9.99. The molecule has 0 aliphatic rings. The van der Waals surface area contributed by atoms with Gasteiger partial charge in [-0.2, -0.15) is 0 Å². The number of aryl methyl sites for hydroxylation is 1. The molecule has 2 heterocycles. The van der Waals surface area contributed by atoms with Gasteiger partial charge < -0.3 is 14.7 Å². The molecule has 0 fully saturated rings. The summed E-state index contributed by atoms with van der Waals surface area (Å²) in [5, 5.41) is 10.1. The monoisotopic (exact) mass is 281 g/mol. The average Bonchev–Trinajstić information content (AvgIpc) is 3.07. The van der Waals surface area contributed by atoms with E-state index in [0.717, 1.165) is 22.2 Å². The van der Waals surface area contributed by atoms with Crippen LogP contribution in [0, 0.1) is 6.92 Å². The molecule has 0 saturated heterocycles. The second-order valence-electron chi connectivity index (χ2n) is 4.98. The zero-order valence-electron chi connectivity index (χ0n) is 11.6. The maximum absolute atomic E-state index is 11.3. The first kappa shape index (κ1) is 13.2. The molecular formula is C16H15N3O2. The average molecular weight is 281 g/mol. The molecule has 0 aliphatic carbocycles. The number of carboxylic acid groups (broad SMARTS) is 1. The third kappa shape index (κ3) is 2.23. The van der Waals surface area contributed by atoms with Crippen molar-refractivity contribution >= 4 is 22.4 Å². The summed E-state index contributed by atoms with van der Waals surface area (Å²) in [4.78, 5) is 18.6. The highest BCUT2D eigenvalue weighted by atomic mass is 16.4. The molecule has 1 aromatic carbocycles. The summed E-state index contributed by atoms with van der Waals surface area (Å²) in [6.45, 7) is 6.31. The van der Waals surface area contributed by atoms with Crippen LogP contribution in [0.4, 0.5) is 0 Å². The fraction of sp³-hybridized carbons (Fsp3) is 0.125. The van der Waals surface area contributed by atoms with Crippen molar-refractivity contribution in [1.82, 2.24) is 14.5 Å². The zero-order valence-corrected chi connectivity index (χ0v) is 11.6. The van der Waals surface area contributed by atoms with Crippen molar-refractivity contribution in [3.63, 3.8) is 0 Å². The minimum absolute atomic E-state index is 0.103. The summed E-state index contributed by atoms with van der Waals surface area (Å²) in [7, 11) is 0. The molecule has 0 radical (unpaired) electrons. The molecule has 0 unspecified atom stereocenters. The van der Waals surface area contributed by atoms with Gasteiger partial charge in [0.15, 0.2) is 0 Å². The molecule has 0 saturated carbocycles. The fourth-order valence-corrected chi connectivity index (χ4v) is 2.57. The summed E-state index contributed by atoms with van der Waals surface area (Å²) in [6, 6.07) is 5.57. The van der Waals surface area contributed by atoms with Gasteiger partial charge in [0.1, 0.15) is 0 Å². The van der Waals surface area contributed by atoms with Crippen LogP contribution in [0.3, 0.4) is 0 Å². The summed E-state index contributed by atoms with van der Waals surface area (Å²) in [6.07, 6.45) is 5.35. The number of H-pyrrole nitrogens is 1. The number of benzene rings is 1. The number of imidazole rings is 1. The molecular weight excluding hydrogens is 266 g/mol. The Morgan fingerprint density at radius 3 is 2.95 bits per heavy atom. The molecule has 0 amide bonds. The SMILES string of the molecule is C=C(C(=O)O)c1cccc2[nH]c(C)c(Cn3ccnc3)c12. The van der Waals surface area contributed by atoms with Crippen molar-refractivity contribution in [1.29, 1.82) is 0 Å². The molecule has 3 rings (SSSR count). The van der Waals surface area contributed by atoms with E-state index in [1.165, 1.54) is 0 Å². The first-order valence-electron chi connectivity index (χ1n) is 6.56. The summed E-state index contributed by atoms with van der Waals surface area (Å²) >= 11 is 0. The quantitative estimate of drug-likeness (QED) is 0.722. The van der Waals surface area contributed by atoms with Crippen LogP contribution in [0.15, 0.2) is 43.5 Å². The Kier molecular flexibility index (Phi) is 3.10. The highest BCUT2D eigenvalue weighted by molar-refractivity contribution is 6.18. The van der Waals surface area contributed by atoms with Crippen LogP contribution >= 0.6 is 0 Å². The molecule has 3 aromatic rings. The van der Waals surface area contributed by atoms with Gasteiger partial charge in [-0.05, 0) is 18.6 Å². The van der Waals surface area contributed by atoms with Gasteiger partial charge in [-0.1, -0.05) is 18.7 Å². The lowest BCUT2D eigenvalue weighted by Crippen LogP contribution is -2.01. The standard InChI is InChI=1S/C16H15N3O2/c1-10(16(20)21)12-4-3-5-14-15(12)13(11(2)18-14)8-19-7-6-17-9-19/h3-7,9,18H,1,8H2,2H3,(H,20,21). The van der Waals surface area contributed by atoms with Gasteiger partial charge in [-0.3, -0.25) is 0 Å². The number of nitrogens with one attached hydrogen (secondary N) is 1. The molecule has 0 aliphatic heterocycles. The number of fused-ring (bicyclic) bond motifs is 1. The molecule has 21 heavy (non-hydrogen) atoms. The van der Waals surface area contributed by atoms with Crippen LogP contribution in [0.2, 0.25) is 0 Å². The molecule has 5 nitrogen and oxygen atoms in total. The van der Waals surface area contributed by atoms with Gasteiger partial charge in [0, 0.05) is 34.6 Å². The normalized spacial score (nSPS) is 10.9. The summed E-state index contributed by atoms with van der Waals surface area (Å²) in [5.41, 5.74) is 3.75. The third-order valence-electron chi connectivity index (χ3n) is 3.62. The summed E-state index contributed by atoms with van der Waals surface area (Å²) in [5.74, 6) is -1.00. The van der Waals surface area contributed by atoms with E-state index in [1.54, 1.807) is 18.6 Å². The fourth-order valence-electron chi connectivity index (χ4n) is 2.57. The number of hydrogen-bond acceptors (Lipinski definition) is 2. The highest BCUT2D eigenvalue weighted by Crippen LogP contribution is 2.30. The number of carbonyl (C=O) groups is 1. The second-order valence-corrected chi connectivity index (χ2v) is 4.98. The Labute approximate surface area is 121 Å². The number of hydrogen-bond donors (Lipinski definition) is 2. The smallest absolute Gasteiger partial charge is 0.335 e. The van der Waals surface area contributed by atoms with Crippen molar-refractivity contribution in [2.45, 2.75) is 13.5 Å². The molecule has 0 bridgehead atoms. The Morgan fingerprint density at radius 1 is 1.48 bits per heavy atom. The molecule has 2 N–H and O–H groups in total. The van der Waals surface area contributed by atoms with Crippen LogP contribution in [0.25, 0.3) is 16.5 Å². The lowest BCUT2D eigenvalue weighted by molar-refractivity contribution is -0.130. The van der Waals surface area contributed by atoms with Gasteiger partial charge in [0.25, 0.3) is 0 Å². The van der Waals surface area contributed by atoms with Gasteiger partial charge in [0.2, 0.25) is 0 Å². The minimum atomic E-state index is -1.00. The topological polar surface area (TPSA) is 70.9 Å². The van der Waals surface area contributed by atoms with Crippen molar-refractivity contribution in [3.8, 4) is 0 Å². The molecule has 5 heteroatoms.